The molecule has 0 bridgehead atoms. The Balaban J connectivity index is 1.64. The molecule has 5 rings (SSSR count). The van der Waals surface area contributed by atoms with Gasteiger partial charge in [0.05, 0.1) is 34.7 Å². The molecule has 2 aromatic heterocycles. The van der Waals surface area contributed by atoms with Gasteiger partial charge in [-0.2, -0.15) is 0 Å². The number of benzene rings is 1. The molecule has 2 aliphatic rings. The molecule has 1 N–H and O–H groups in total. The van der Waals surface area contributed by atoms with E-state index in [1.807, 2.05) is 23.1 Å². The molecule has 0 radical (unpaired) electrons. The van der Waals surface area contributed by atoms with Gasteiger partial charge in [0.1, 0.15) is 17.7 Å². The van der Waals surface area contributed by atoms with E-state index in [1.54, 1.807) is 18.5 Å². The number of carbonyl (C=O) groups is 1. The van der Waals surface area contributed by atoms with Crippen LogP contribution < -0.4 is 15.2 Å². The number of aryl methyl sites for hydroxylation is 3. The molecule has 0 unspecified atom stereocenters. The van der Waals surface area contributed by atoms with E-state index in [0.29, 0.717) is 36.2 Å². The van der Waals surface area contributed by atoms with E-state index < -0.39 is 11.8 Å². The molecule has 1 fully saturated rings. The van der Waals surface area contributed by atoms with E-state index in [9.17, 15) is 14.0 Å². The van der Waals surface area contributed by atoms with E-state index in [2.05, 4.69) is 4.98 Å². The van der Waals surface area contributed by atoms with E-state index in [1.165, 1.54) is 12.3 Å². The summed E-state index contributed by atoms with van der Waals surface area (Å²) in [7, 11) is 1.72. The lowest BCUT2D eigenvalue weighted by Crippen LogP contribution is -2.38. The van der Waals surface area contributed by atoms with Crippen LogP contribution in [0, 0.1) is 18.7 Å². The third kappa shape index (κ3) is 3.39. The van der Waals surface area contributed by atoms with Crippen LogP contribution in [0.2, 0.25) is 0 Å². The number of nitrogens with zero attached hydrogens (tertiary/aromatic N) is 3. The Morgan fingerprint density at radius 1 is 1.22 bits per heavy atom. The quantitative estimate of drug-likeness (QED) is 0.670. The van der Waals surface area contributed by atoms with E-state index in [4.69, 9.17) is 9.84 Å². The summed E-state index contributed by atoms with van der Waals surface area (Å²) in [6.07, 6.45) is 3.61. The van der Waals surface area contributed by atoms with Crippen molar-refractivity contribution in [1.29, 1.82) is 0 Å². The molecule has 0 amide bonds. The van der Waals surface area contributed by atoms with Crippen LogP contribution in [0.1, 0.15) is 30.5 Å². The summed E-state index contributed by atoms with van der Waals surface area (Å²) in [5, 5.41) is 10.0. The van der Waals surface area contributed by atoms with Crippen LogP contribution in [0.25, 0.3) is 10.9 Å². The number of fused-ring (bicyclic) bond motifs is 2. The molecule has 7 nitrogen and oxygen atoms in total. The maximum Gasteiger partial charge on any atom is 0.306 e. The van der Waals surface area contributed by atoms with Crippen molar-refractivity contribution in [3.8, 4) is 5.75 Å². The normalized spacial score (nSPS) is 20.0. The van der Waals surface area contributed by atoms with Crippen molar-refractivity contribution in [3.05, 3.63) is 57.9 Å². The highest BCUT2D eigenvalue weighted by Gasteiger charge is 2.36. The van der Waals surface area contributed by atoms with E-state index in [0.717, 1.165) is 35.3 Å². The lowest BCUT2D eigenvalue weighted by molar-refractivity contribution is -0.147. The maximum atomic E-state index is 14.1. The highest BCUT2D eigenvalue weighted by molar-refractivity contribution is 5.96. The van der Waals surface area contributed by atoms with Crippen molar-refractivity contribution in [2.24, 2.45) is 13.0 Å². The smallest absolute Gasteiger partial charge is 0.306 e. The second-order valence-electron chi connectivity index (χ2n) is 8.69. The number of hydrogen-bond acceptors (Lipinski definition) is 5. The first-order chi connectivity index (χ1) is 15.3. The zero-order valence-corrected chi connectivity index (χ0v) is 18.0. The van der Waals surface area contributed by atoms with Crippen molar-refractivity contribution in [2.75, 3.05) is 11.4 Å². The number of carboxylic acids is 1. The molecule has 1 saturated carbocycles. The summed E-state index contributed by atoms with van der Waals surface area (Å²) in [5.41, 5.74) is 3.60. The molecule has 1 aliphatic carbocycles. The van der Waals surface area contributed by atoms with Gasteiger partial charge in [0, 0.05) is 42.7 Å². The number of aliphatic carboxylic acids is 1. The van der Waals surface area contributed by atoms with Crippen molar-refractivity contribution in [3.63, 3.8) is 0 Å². The van der Waals surface area contributed by atoms with Gasteiger partial charge in [-0.05, 0) is 38.7 Å². The zero-order valence-electron chi connectivity index (χ0n) is 18.0. The number of carboxylic acid groups (broad SMARTS) is 1. The van der Waals surface area contributed by atoms with E-state index >= 15 is 0 Å². The SMILES string of the molecule is Cc1cc2c(N3CCCc4ncc(F)cc43)cc(OC3CC(C(=O)O)C3)cc2n(C)c1=O. The molecule has 0 atom stereocenters. The van der Waals surface area contributed by atoms with Gasteiger partial charge < -0.3 is 19.3 Å². The van der Waals surface area contributed by atoms with Crippen molar-refractivity contribution >= 4 is 28.2 Å². The van der Waals surface area contributed by atoms with Crippen molar-refractivity contribution in [1.82, 2.24) is 9.55 Å². The minimum atomic E-state index is -0.804. The molecule has 3 aromatic rings. The summed E-state index contributed by atoms with van der Waals surface area (Å²) in [4.78, 5) is 30.1. The Labute approximate surface area is 184 Å². The summed E-state index contributed by atoms with van der Waals surface area (Å²) >= 11 is 0. The predicted octanol–water partition coefficient (Wildman–Crippen LogP) is 3.71. The van der Waals surface area contributed by atoms with Gasteiger partial charge in [-0.1, -0.05) is 0 Å². The Morgan fingerprint density at radius 2 is 2.00 bits per heavy atom. The molecule has 1 aliphatic heterocycles. The number of hydrogen-bond donors (Lipinski definition) is 1. The third-order valence-electron chi connectivity index (χ3n) is 6.51. The highest BCUT2D eigenvalue weighted by Crippen LogP contribution is 2.40. The molecule has 1 aromatic carbocycles. The molecule has 32 heavy (non-hydrogen) atoms. The van der Waals surface area contributed by atoms with Gasteiger partial charge in [0.25, 0.3) is 5.56 Å². The fourth-order valence-electron chi connectivity index (χ4n) is 4.68. The highest BCUT2D eigenvalue weighted by atomic mass is 19.1. The van der Waals surface area contributed by atoms with Gasteiger partial charge in [-0.3, -0.25) is 14.6 Å². The van der Waals surface area contributed by atoms with Gasteiger partial charge >= 0.3 is 5.97 Å². The number of aromatic nitrogens is 2. The fraction of sp³-hybridized carbons (Fsp3) is 0.375. The zero-order chi connectivity index (χ0) is 22.6. The predicted molar refractivity (Wildman–Crippen MR) is 118 cm³/mol. The Morgan fingerprint density at radius 3 is 2.75 bits per heavy atom. The topological polar surface area (TPSA) is 84.7 Å². The number of ether oxygens (including phenoxy) is 1. The largest absolute Gasteiger partial charge is 0.490 e. The minimum Gasteiger partial charge on any atom is -0.490 e. The number of pyridine rings is 2. The number of anilines is 2. The van der Waals surface area contributed by atoms with Crippen LogP contribution in [-0.2, 0) is 18.3 Å². The molecule has 166 valence electrons. The number of halogens is 1. The summed E-state index contributed by atoms with van der Waals surface area (Å²) in [6, 6.07) is 7.09. The Bertz CT molecular complexity index is 1300. The Kier molecular flexibility index (Phi) is 4.87. The molecule has 0 saturated heterocycles. The summed E-state index contributed by atoms with van der Waals surface area (Å²) in [5.74, 6) is -1.02. The minimum absolute atomic E-state index is 0.0954. The molecule has 3 heterocycles. The van der Waals surface area contributed by atoms with Gasteiger partial charge in [0.2, 0.25) is 0 Å². The van der Waals surface area contributed by atoms with E-state index in [-0.39, 0.29) is 17.6 Å². The van der Waals surface area contributed by atoms with Crippen molar-refractivity contribution < 1.29 is 19.0 Å². The fourth-order valence-corrected chi connectivity index (χ4v) is 4.68. The van der Waals surface area contributed by atoms with Gasteiger partial charge in [-0.15, -0.1) is 0 Å². The molecular weight excluding hydrogens is 413 g/mol. The summed E-state index contributed by atoms with van der Waals surface area (Å²) < 4.78 is 21.8. The molecule has 0 spiro atoms. The van der Waals surface area contributed by atoms with Crippen LogP contribution in [0.15, 0.2) is 35.3 Å². The maximum absolute atomic E-state index is 14.1. The second kappa shape index (κ2) is 7.62. The van der Waals surface area contributed by atoms with Gasteiger partial charge in [0.15, 0.2) is 0 Å². The van der Waals surface area contributed by atoms with Crippen LogP contribution >= 0.6 is 0 Å². The van der Waals surface area contributed by atoms with Crippen LogP contribution in [0.4, 0.5) is 15.8 Å². The average molecular weight is 437 g/mol. The van der Waals surface area contributed by atoms with Gasteiger partial charge in [-0.25, -0.2) is 4.39 Å². The lowest BCUT2D eigenvalue weighted by atomic mass is 9.82. The standard InChI is InChI=1S/C24H24FN3O4/c1-13-6-18-20(27(2)23(13)29)10-17(32-16-7-14(8-16)24(30)31)11-21(18)28-5-3-4-19-22(28)9-15(25)12-26-19/h6,9-12,14,16H,3-5,7-8H2,1-2H3,(H,30,31). The first kappa shape index (κ1) is 20.5. The number of rotatable bonds is 4. The Hall–Kier alpha value is -3.42. The average Bonchev–Trinajstić information content (AvgIpc) is 2.73. The third-order valence-corrected chi connectivity index (χ3v) is 6.51. The van der Waals surface area contributed by atoms with Crippen LogP contribution in [-0.4, -0.2) is 33.3 Å². The molecule has 8 heteroatoms. The first-order valence-electron chi connectivity index (χ1n) is 10.8. The summed E-state index contributed by atoms with van der Waals surface area (Å²) in [6.45, 7) is 2.46. The lowest BCUT2D eigenvalue weighted by Gasteiger charge is -2.34. The molecular formula is C24H24FN3O4. The second-order valence-corrected chi connectivity index (χ2v) is 8.69. The van der Waals surface area contributed by atoms with Crippen molar-refractivity contribution in [2.45, 2.75) is 38.7 Å². The van der Waals surface area contributed by atoms with Crippen LogP contribution in [0.3, 0.4) is 0 Å². The first-order valence-corrected chi connectivity index (χ1v) is 10.8. The monoisotopic (exact) mass is 437 g/mol. The van der Waals surface area contributed by atoms with Crippen LogP contribution in [0.5, 0.6) is 5.75 Å².